The second-order valence-corrected chi connectivity index (χ2v) is 6.92. The molecule has 3 fully saturated rings. The van der Waals surface area contributed by atoms with Crippen molar-refractivity contribution in [2.45, 2.75) is 44.8 Å². The molecule has 3 saturated carbocycles. The predicted octanol–water partition coefficient (Wildman–Crippen LogP) is 3.53. The van der Waals surface area contributed by atoms with Crippen LogP contribution in [0.2, 0.25) is 0 Å². The molecule has 142 valence electrons. The minimum Gasteiger partial charge on any atom is -0.466 e. The zero-order valence-electron chi connectivity index (χ0n) is 14.6. The van der Waals surface area contributed by atoms with Crippen molar-refractivity contribution in [2.24, 2.45) is 17.8 Å². The summed E-state index contributed by atoms with van der Waals surface area (Å²) in [4.78, 5) is 24.5. The van der Waals surface area contributed by atoms with Gasteiger partial charge in [0.1, 0.15) is 6.61 Å². The Morgan fingerprint density at radius 1 is 1.19 bits per heavy atom. The van der Waals surface area contributed by atoms with E-state index in [1.807, 2.05) is 18.2 Å². The van der Waals surface area contributed by atoms with Crippen LogP contribution in [0, 0.1) is 17.8 Å². The summed E-state index contributed by atoms with van der Waals surface area (Å²) >= 11 is 0. The molecule has 4 atom stereocenters. The lowest BCUT2D eigenvalue weighted by atomic mass is 9.60. The molecule has 1 amide bonds. The Bertz CT molecular complexity index is 652. The Labute approximate surface area is 151 Å². The van der Waals surface area contributed by atoms with Crippen molar-refractivity contribution < 1.29 is 27.8 Å². The molecule has 1 aromatic rings. The van der Waals surface area contributed by atoms with Crippen molar-refractivity contribution in [3.63, 3.8) is 0 Å². The molecule has 3 aliphatic carbocycles. The van der Waals surface area contributed by atoms with E-state index in [9.17, 15) is 18.4 Å². The largest absolute Gasteiger partial charge is 0.466 e. The Morgan fingerprint density at radius 3 is 2.58 bits per heavy atom. The summed E-state index contributed by atoms with van der Waals surface area (Å²) in [6, 6.07) is 8.09. The van der Waals surface area contributed by atoms with Crippen LogP contribution in [-0.2, 0) is 20.9 Å². The number of alkyl carbamates (subject to hydrolysis) is 1. The molecular formula is C19H23F2NO4. The van der Waals surface area contributed by atoms with Gasteiger partial charge in [-0.2, -0.15) is 0 Å². The van der Waals surface area contributed by atoms with E-state index in [0.717, 1.165) is 5.56 Å². The van der Waals surface area contributed by atoms with E-state index in [0.29, 0.717) is 6.42 Å². The molecule has 5 nitrogen and oxygen atoms in total. The first kappa shape index (κ1) is 18.6. The minimum atomic E-state index is -2.90. The van der Waals surface area contributed by atoms with Crippen LogP contribution in [-0.4, -0.2) is 30.6 Å². The topological polar surface area (TPSA) is 64.6 Å². The van der Waals surface area contributed by atoms with Gasteiger partial charge in [0.2, 0.25) is 0 Å². The second kappa shape index (κ2) is 7.60. The highest BCUT2D eigenvalue weighted by Crippen LogP contribution is 2.53. The monoisotopic (exact) mass is 367 g/mol. The Morgan fingerprint density at radius 2 is 1.92 bits per heavy atom. The van der Waals surface area contributed by atoms with Crippen molar-refractivity contribution in [1.29, 1.82) is 0 Å². The third-order valence-electron chi connectivity index (χ3n) is 5.31. The van der Waals surface area contributed by atoms with Gasteiger partial charge in [0.05, 0.1) is 18.6 Å². The SMILES string of the molecule is CCOC(=O)[C@H]1[C@H]2CC[C@@H]([C@H]1NC(=O)OCc1ccccc1)C(F)(F)C2. The zero-order valence-corrected chi connectivity index (χ0v) is 14.6. The van der Waals surface area contributed by atoms with Crippen LogP contribution < -0.4 is 5.32 Å². The number of alkyl halides is 2. The maximum absolute atomic E-state index is 14.3. The number of benzene rings is 1. The number of fused-ring (bicyclic) bond motifs is 3. The van der Waals surface area contributed by atoms with Crippen molar-refractivity contribution in [1.82, 2.24) is 5.32 Å². The van der Waals surface area contributed by atoms with Crippen LogP contribution in [0.4, 0.5) is 13.6 Å². The van der Waals surface area contributed by atoms with Gasteiger partial charge in [-0.25, -0.2) is 13.6 Å². The quantitative estimate of drug-likeness (QED) is 0.809. The van der Waals surface area contributed by atoms with E-state index in [1.54, 1.807) is 19.1 Å². The summed E-state index contributed by atoms with van der Waals surface area (Å²) in [7, 11) is 0. The lowest BCUT2D eigenvalue weighted by Crippen LogP contribution is -2.62. The predicted molar refractivity (Wildman–Crippen MR) is 89.5 cm³/mol. The average Bonchev–Trinajstić information content (AvgIpc) is 2.60. The normalized spacial score (nSPS) is 29.0. The molecule has 0 aromatic heterocycles. The molecule has 0 saturated heterocycles. The van der Waals surface area contributed by atoms with Crippen molar-refractivity contribution >= 4 is 12.1 Å². The van der Waals surface area contributed by atoms with Gasteiger partial charge in [-0.15, -0.1) is 0 Å². The second-order valence-electron chi connectivity index (χ2n) is 6.92. The Kier molecular flexibility index (Phi) is 5.44. The number of ether oxygens (including phenoxy) is 2. The van der Waals surface area contributed by atoms with Crippen LogP contribution in [0.1, 0.15) is 31.7 Å². The Hall–Kier alpha value is -2.18. The molecule has 4 rings (SSSR count). The summed E-state index contributed by atoms with van der Waals surface area (Å²) in [5.41, 5.74) is 0.792. The molecular weight excluding hydrogens is 344 g/mol. The average molecular weight is 367 g/mol. The van der Waals surface area contributed by atoms with Crippen molar-refractivity contribution in [2.75, 3.05) is 6.61 Å². The summed E-state index contributed by atoms with van der Waals surface area (Å²) in [5, 5.41) is 2.52. The summed E-state index contributed by atoms with van der Waals surface area (Å²) in [6.07, 6.45) is -0.312. The molecule has 0 spiro atoms. The zero-order chi connectivity index (χ0) is 18.7. The van der Waals surface area contributed by atoms with E-state index in [4.69, 9.17) is 9.47 Å². The molecule has 0 heterocycles. The molecule has 0 unspecified atom stereocenters. The number of rotatable bonds is 5. The van der Waals surface area contributed by atoms with Gasteiger partial charge in [-0.1, -0.05) is 30.3 Å². The fourth-order valence-corrected chi connectivity index (χ4v) is 4.17. The standard InChI is InChI=1S/C19H23F2NO4/c1-2-25-17(23)15-13-8-9-14(19(20,21)10-13)16(15)22-18(24)26-11-12-6-4-3-5-7-12/h3-7,13-16H,2,8-11H2,1H3,(H,22,24)/t13-,14-,15-,16+/m0/s1. The van der Waals surface area contributed by atoms with Gasteiger partial charge < -0.3 is 14.8 Å². The van der Waals surface area contributed by atoms with Crippen LogP contribution >= 0.6 is 0 Å². The van der Waals surface area contributed by atoms with Crippen LogP contribution in [0.25, 0.3) is 0 Å². The summed E-state index contributed by atoms with van der Waals surface area (Å²) in [5.74, 6) is -5.74. The first-order valence-corrected chi connectivity index (χ1v) is 8.94. The molecule has 7 heteroatoms. The van der Waals surface area contributed by atoms with Gasteiger partial charge >= 0.3 is 12.1 Å². The molecule has 2 bridgehead atoms. The first-order chi connectivity index (χ1) is 12.4. The van der Waals surface area contributed by atoms with Crippen molar-refractivity contribution in [3.05, 3.63) is 35.9 Å². The Balaban J connectivity index is 1.69. The van der Waals surface area contributed by atoms with E-state index in [-0.39, 0.29) is 26.1 Å². The van der Waals surface area contributed by atoms with E-state index in [2.05, 4.69) is 5.32 Å². The molecule has 0 radical (unpaired) electrons. The number of esters is 1. The third-order valence-corrected chi connectivity index (χ3v) is 5.31. The summed E-state index contributed by atoms with van der Waals surface area (Å²) in [6.45, 7) is 1.88. The van der Waals surface area contributed by atoms with Crippen molar-refractivity contribution in [3.8, 4) is 0 Å². The number of amides is 1. The molecule has 1 N–H and O–H groups in total. The van der Waals surface area contributed by atoms with E-state index in [1.165, 1.54) is 0 Å². The van der Waals surface area contributed by atoms with Gasteiger partial charge in [0.15, 0.2) is 0 Å². The highest BCUT2D eigenvalue weighted by Gasteiger charge is 2.60. The van der Waals surface area contributed by atoms with Gasteiger partial charge in [-0.3, -0.25) is 4.79 Å². The number of nitrogens with one attached hydrogen (secondary N) is 1. The highest BCUT2D eigenvalue weighted by atomic mass is 19.3. The number of halogens is 2. The van der Waals surface area contributed by atoms with Crippen LogP contribution in [0.3, 0.4) is 0 Å². The van der Waals surface area contributed by atoms with Crippen LogP contribution in [0.15, 0.2) is 30.3 Å². The van der Waals surface area contributed by atoms with Gasteiger partial charge in [0, 0.05) is 12.3 Å². The minimum absolute atomic E-state index is 0.0357. The van der Waals surface area contributed by atoms with Gasteiger partial charge in [0.25, 0.3) is 5.92 Å². The number of carbonyl (C=O) groups is 2. The third kappa shape index (κ3) is 3.81. The smallest absolute Gasteiger partial charge is 0.407 e. The highest BCUT2D eigenvalue weighted by molar-refractivity contribution is 5.76. The lowest BCUT2D eigenvalue weighted by molar-refractivity contribution is -0.184. The number of carbonyl (C=O) groups excluding carboxylic acids is 2. The number of hydrogen-bond acceptors (Lipinski definition) is 4. The molecule has 26 heavy (non-hydrogen) atoms. The maximum atomic E-state index is 14.3. The first-order valence-electron chi connectivity index (χ1n) is 8.94. The fraction of sp³-hybridized carbons (Fsp3) is 0.579. The van der Waals surface area contributed by atoms with Crippen LogP contribution in [0.5, 0.6) is 0 Å². The number of hydrogen-bond donors (Lipinski definition) is 1. The fourth-order valence-electron chi connectivity index (χ4n) is 4.17. The molecule has 0 aliphatic heterocycles. The molecule has 1 aromatic carbocycles. The van der Waals surface area contributed by atoms with E-state index >= 15 is 0 Å². The lowest BCUT2D eigenvalue weighted by Gasteiger charge is -2.50. The van der Waals surface area contributed by atoms with Gasteiger partial charge in [-0.05, 0) is 31.2 Å². The van der Waals surface area contributed by atoms with E-state index < -0.39 is 41.8 Å². The maximum Gasteiger partial charge on any atom is 0.407 e. The summed E-state index contributed by atoms with van der Waals surface area (Å²) < 4.78 is 38.9. The molecule has 3 aliphatic rings.